The lowest BCUT2D eigenvalue weighted by atomic mass is 10.0. The summed E-state index contributed by atoms with van der Waals surface area (Å²) in [6, 6.07) is -1.54. The molecule has 0 heterocycles. The molecule has 11 nitrogen and oxygen atoms in total. The van der Waals surface area contributed by atoms with E-state index in [4.69, 9.17) is 4.74 Å². The molecule has 46 heavy (non-hydrogen) atoms. The molecule has 0 aromatic heterocycles. The number of carbonyl (C=O) groups is 3. The van der Waals surface area contributed by atoms with Crippen LogP contribution in [-0.2, 0) is 32.7 Å². The van der Waals surface area contributed by atoms with Gasteiger partial charge in [-0.3, -0.25) is 18.6 Å². The number of aliphatic hydroxyl groups is 1. The van der Waals surface area contributed by atoms with Crippen LogP contribution in [0, 0.1) is 0 Å². The lowest BCUT2D eigenvalue weighted by molar-refractivity contribution is -0.147. The predicted molar refractivity (Wildman–Crippen MR) is 180 cm³/mol. The standard InChI is InChI=1S/C34H62NO10P/c1-3-5-6-7-8-9-10-11-12-13-14-15-16-17-18-19-20-21-22-23-24-26-32(37)35-31(34(39)40)29-45-46(41,42)44-28-30(36)27-43-33(38)25-4-2/h8-9,11-12,30-31,36H,3-7,10,13-29H2,1-2H3,(H,35,37)(H,39,40)(H,41,42)/b9-8-,12-11-. The van der Waals surface area contributed by atoms with E-state index in [2.05, 4.69) is 45.6 Å². The molecule has 3 atom stereocenters. The molecule has 0 aliphatic heterocycles. The Morgan fingerprint density at radius 1 is 0.696 bits per heavy atom. The first-order chi connectivity index (χ1) is 22.1. The summed E-state index contributed by atoms with van der Waals surface area (Å²) in [4.78, 5) is 44.8. The summed E-state index contributed by atoms with van der Waals surface area (Å²) in [5.74, 6) is -2.43. The van der Waals surface area contributed by atoms with Gasteiger partial charge in [0.2, 0.25) is 5.91 Å². The van der Waals surface area contributed by atoms with E-state index in [0.29, 0.717) is 12.8 Å². The van der Waals surface area contributed by atoms with Crippen LogP contribution >= 0.6 is 7.82 Å². The molecule has 12 heteroatoms. The second kappa shape index (κ2) is 30.3. The van der Waals surface area contributed by atoms with Gasteiger partial charge in [0.15, 0.2) is 6.04 Å². The van der Waals surface area contributed by atoms with Gasteiger partial charge in [0.1, 0.15) is 12.7 Å². The van der Waals surface area contributed by atoms with Crippen molar-refractivity contribution in [2.75, 3.05) is 19.8 Å². The minimum Gasteiger partial charge on any atom is -0.480 e. The summed E-state index contributed by atoms with van der Waals surface area (Å²) in [5.41, 5.74) is 0. The molecule has 0 saturated carbocycles. The lowest BCUT2D eigenvalue weighted by Crippen LogP contribution is -2.43. The average Bonchev–Trinajstić information content (AvgIpc) is 3.01. The number of hydrogen-bond donors (Lipinski definition) is 4. The van der Waals surface area contributed by atoms with E-state index in [-0.39, 0.29) is 12.8 Å². The number of unbranched alkanes of at least 4 members (excludes halogenated alkanes) is 14. The van der Waals surface area contributed by atoms with Crippen molar-refractivity contribution in [2.45, 2.75) is 154 Å². The van der Waals surface area contributed by atoms with Gasteiger partial charge in [-0.05, 0) is 44.9 Å². The van der Waals surface area contributed by atoms with Crippen LogP contribution in [0.25, 0.3) is 0 Å². The lowest BCUT2D eigenvalue weighted by Gasteiger charge is -2.18. The number of phosphoric ester groups is 1. The number of carboxylic acid groups (broad SMARTS) is 1. The van der Waals surface area contributed by atoms with Crippen LogP contribution in [0.15, 0.2) is 24.3 Å². The topological polar surface area (TPSA) is 169 Å². The number of rotatable bonds is 32. The normalized spacial score (nSPS) is 14.3. The molecule has 0 bridgehead atoms. The first-order valence-corrected chi connectivity index (χ1v) is 18.9. The molecule has 0 aliphatic rings. The Morgan fingerprint density at radius 3 is 1.76 bits per heavy atom. The smallest absolute Gasteiger partial charge is 0.472 e. The maximum atomic E-state index is 12.2. The molecule has 0 rings (SSSR count). The molecule has 0 aromatic carbocycles. The average molecular weight is 676 g/mol. The summed E-state index contributed by atoms with van der Waals surface area (Å²) in [6.45, 7) is 2.11. The second-order valence-corrected chi connectivity index (χ2v) is 13.2. The molecular weight excluding hydrogens is 613 g/mol. The number of esters is 1. The highest BCUT2D eigenvalue weighted by Crippen LogP contribution is 2.43. The maximum Gasteiger partial charge on any atom is 0.472 e. The van der Waals surface area contributed by atoms with Crippen LogP contribution in [0.3, 0.4) is 0 Å². The highest BCUT2D eigenvalue weighted by molar-refractivity contribution is 7.47. The van der Waals surface area contributed by atoms with E-state index >= 15 is 0 Å². The number of aliphatic carboxylic acids is 1. The molecule has 0 spiro atoms. The second-order valence-electron chi connectivity index (χ2n) is 11.7. The van der Waals surface area contributed by atoms with Crippen LogP contribution in [-0.4, -0.2) is 64.9 Å². The van der Waals surface area contributed by atoms with Crippen molar-refractivity contribution in [3.05, 3.63) is 24.3 Å². The molecular formula is C34H62NO10P. The van der Waals surface area contributed by atoms with Crippen molar-refractivity contribution in [3.8, 4) is 0 Å². The van der Waals surface area contributed by atoms with Gasteiger partial charge in [0.25, 0.3) is 0 Å². The first kappa shape index (κ1) is 44.0. The fraction of sp³-hybridized carbons (Fsp3) is 0.794. The monoisotopic (exact) mass is 675 g/mol. The van der Waals surface area contributed by atoms with E-state index in [1.54, 1.807) is 6.92 Å². The van der Waals surface area contributed by atoms with E-state index < -0.39 is 57.6 Å². The van der Waals surface area contributed by atoms with Crippen LogP contribution < -0.4 is 5.32 Å². The molecule has 268 valence electrons. The molecule has 0 fully saturated rings. The van der Waals surface area contributed by atoms with Crippen molar-refractivity contribution < 1.29 is 47.8 Å². The van der Waals surface area contributed by atoms with E-state index in [1.165, 1.54) is 77.0 Å². The summed E-state index contributed by atoms with van der Waals surface area (Å²) >= 11 is 0. The Labute approximate surface area is 277 Å². The Bertz CT molecular complexity index is 895. The fourth-order valence-electron chi connectivity index (χ4n) is 4.50. The van der Waals surface area contributed by atoms with Gasteiger partial charge < -0.3 is 25.2 Å². The number of carboxylic acids is 1. The molecule has 0 aliphatic carbocycles. The predicted octanol–water partition coefficient (Wildman–Crippen LogP) is 7.55. The van der Waals surface area contributed by atoms with Gasteiger partial charge in [-0.2, -0.15) is 0 Å². The Kier molecular flexibility index (Phi) is 29.0. The maximum absolute atomic E-state index is 12.2. The van der Waals surface area contributed by atoms with Gasteiger partial charge in [0.05, 0.1) is 13.2 Å². The Morgan fingerprint density at radius 2 is 1.22 bits per heavy atom. The summed E-state index contributed by atoms with van der Waals surface area (Å²) in [7, 11) is -4.72. The number of nitrogens with one attached hydrogen (secondary N) is 1. The third kappa shape index (κ3) is 29.4. The summed E-state index contributed by atoms with van der Waals surface area (Å²) in [6.07, 6.45) is 28.3. The SMILES string of the molecule is CCCCC/C=C\C/C=C\CCCCCCCCCCCCCC(=O)NC(COP(=O)(O)OCC(O)COC(=O)CCC)C(=O)O. The van der Waals surface area contributed by atoms with Crippen LogP contribution in [0.4, 0.5) is 0 Å². The zero-order valence-electron chi connectivity index (χ0n) is 28.4. The van der Waals surface area contributed by atoms with Gasteiger partial charge >= 0.3 is 19.8 Å². The van der Waals surface area contributed by atoms with Gasteiger partial charge in [-0.1, -0.05) is 109 Å². The zero-order valence-corrected chi connectivity index (χ0v) is 29.3. The number of aliphatic hydroxyl groups excluding tert-OH is 1. The number of ether oxygens (including phenoxy) is 1. The Balaban J connectivity index is 3.83. The molecule has 0 saturated heterocycles. The number of amides is 1. The van der Waals surface area contributed by atoms with E-state index in [1.807, 2.05) is 0 Å². The highest BCUT2D eigenvalue weighted by atomic mass is 31.2. The third-order valence-corrected chi connectivity index (χ3v) is 8.16. The quantitative estimate of drug-likeness (QED) is 0.0242. The van der Waals surface area contributed by atoms with Crippen molar-refractivity contribution in [1.82, 2.24) is 5.32 Å². The largest absolute Gasteiger partial charge is 0.480 e. The number of allylic oxidation sites excluding steroid dienone is 4. The van der Waals surface area contributed by atoms with Crippen molar-refractivity contribution >= 4 is 25.7 Å². The van der Waals surface area contributed by atoms with Crippen LogP contribution in [0.5, 0.6) is 0 Å². The fourth-order valence-corrected chi connectivity index (χ4v) is 5.27. The minimum atomic E-state index is -4.72. The molecule has 1 amide bonds. The molecule has 0 radical (unpaired) electrons. The van der Waals surface area contributed by atoms with Crippen LogP contribution in [0.2, 0.25) is 0 Å². The summed E-state index contributed by atoms with van der Waals surface area (Å²) in [5, 5.41) is 21.4. The van der Waals surface area contributed by atoms with Gasteiger partial charge in [0, 0.05) is 12.8 Å². The van der Waals surface area contributed by atoms with Gasteiger partial charge in [-0.25, -0.2) is 9.36 Å². The van der Waals surface area contributed by atoms with E-state index in [0.717, 1.165) is 25.7 Å². The number of phosphoric acid groups is 1. The first-order valence-electron chi connectivity index (χ1n) is 17.4. The zero-order chi connectivity index (χ0) is 34.3. The number of carbonyl (C=O) groups excluding carboxylic acids is 2. The van der Waals surface area contributed by atoms with Gasteiger partial charge in [-0.15, -0.1) is 0 Å². The van der Waals surface area contributed by atoms with Crippen molar-refractivity contribution in [1.29, 1.82) is 0 Å². The van der Waals surface area contributed by atoms with Crippen molar-refractivity contribution in [2.24, 2.45) is 0 Å². The minimum absolute atomic E-state index is 0.144. The molecule has 0 aromatic rings. The molecule has 4 N–H and O–H groups in total. The third-order valence-electron chi connectivity index (χ3n) is 7.21. The summed E-state index contributed by atoms with van der Waals surface area (Å²) < 4.78 is 26.1. The highest BCUT2D eigenvalue weighted by Gasteiger charge is 2.28. The Hall–Kier alpha value is -2.04. The van der Waals surface area contributed by atoms with Crippen molar-refractivity contribution in [3.63, 3.8) is 0 Å². The van der Waals surface area contributed by atoms with Crippen LogP contribution in [0.1, 0.15) is 142 Å². The van der Waals surface area contributed by atoms with E-state index in [9.17, 15) is 34.1 Å². The molecule has 3 unspecified atom stereocenters. The number of hydrogen-bond acceptors (Lipinski definition) is 8.